The van der Waals surface area contributed by atoms with Gasteiger partial charge in [-0.1, -0.05) is 24.3 Å². The maximum Gasteiger partial charge on any atom is 0.287 e. The summed E-state index contributed by atoms with van der Waals surface area (Å²) in [6.07, 6.45) is 2.42. The lowest BCUT2D eigenvalue weighted by molar-refractivity contribution is 0.0937. The van der Waals surface area contributed by atoms with E-state index in [4.69, 9.17) is 4.74 Å². The molecule has 7 heteroatoms. The number of anilines is 1. The van der Waals surface area contributed by atoms with Gasteiger partial charge in [-0.05, 0) is 30.7 Å². The fourth-order valence-electron chi connectivity index (χ4n) is 2.57. The van der Waals surface area contributed by atoms with Crippen molar-refractivity contribution in [2.24, 2.45) is 0 Å². The number of benzene rings is 1. The first-order valence-corrected chi connectivity index (χ1v) is 8.31. The van der Waals surface area contributed by atoms with Gasteiger partial charge in [0.1, 0.15) is 0 Å². The van der Waals surface area contributed by atoms with E-state index in [-0.39, 0.29) is 23.3 Å². The molecule has 0 saturated carbocycles. The van der Waals surface area contributed by atoms with Crippen LogP contribution in [0.2, 0.25) is 0 Å². The summed E-state index contributed by atoms with van der Waals surface area (Å²) in [5.74, 6) is -0.518. The Morgan fingerprint density at radius 2 is 1.85 bits per heavy atom. The second kappa shape index (κ2) is 8.26. The highest BCUT2D eigenvalue weighted by molar-refractivity contribution is 6.08. The molecule has 0 aliphatic heterocycles. The number of carbonyl (C=O) groups excluding carboxylic acids is 2. The molecule has 2 N–H and O–H groups in total. The monoisotopic (exact) mass is 352 g/mol. The molecule has 1 aromatic carbocycles. The number of ether oxygens (including phenoxy) is 1. The van der Waals surface area contributed by atoms with E-state index in [1.165, 1.54) is 0 Å². The van der Waals surface area contributed by atoms with Crippen LogP contribution >= 0.6 is 0 Å². The Labute approximate surface area is 151 Å². The van der Waals surface area contributed by atoms with Gasteiger partial charge in [0.2, 0.25) is 5.82 Å². The smallest absolute Gasteiger partial charge is 0.287 e. The maximum absolute atomic E-state index is 12.6. The third-order valence-corrected chi connectivity index (χ3v) is 3.81. The molecule has 7 nitrogen and oxygen atoms in total. The zero-order valence-electron chi connectivity index (χ0n) is 14.4. The first-order chi connectivity index (χ1) is 12.7. The minimum atomic E-state index is -0.363. The van der Waals surface area contributed by atoms with Crippen LogP contribution in [0.3, 0.4) is 0 Å². The normalized spacial score (nSPS) is 10.7. The summed E-state index contributed by atoms with van der Waals surface area (Å²) in [4.78, 5) is 29.4. The number of hydrogen-bond donors (Lipinski definition) is 2. The van der Waals surface area contributed by atoms with E-state index in [0.717, 1.165) is 0 Å². The Kier molecular flexibility index (Phi) is 5.60. The van der Waals surface area contributed by atoms with Crippen LogP contribution in [0.5, 0.6) is 0 Å². The van der Waals surface area contributed by atoms with Crippen molar-refractivity contribution in [2.45, 2.75) is 6.42 Å². The molecule has 0 radical (unpaired) electrons. The van der Waals surface area contributed by atoms with Crippen LogP contribution in [0.4, 0.5) is 5.69 Å². The molecule has 0 unspecified atom stereocenters. The molecule has 3 rings (SSSR count). The number of fused-ring (bicyclic) bond motifs is 1. The molecule has 0 atom stereocenters. The van der Waals surface area contributed by atoms with E-state index in [2.05, 4.69) is 15.6 Å². The van der Waals surface area contributed by atoms with Crippen molar-refractivity contribution in [3.63, 3.8) is 0 Å². The van der Waals surface area contributed by atoms with Crippen LogP contribution < -0.4 is 10.6 Å². The number of nitrogens with one attached hydrogen (secondary N) is 2. The van der Waals surface area contributed by atoms with Crippen molar-refractivity contribution in [1.29, 1.82) is 0 Å². The summed E-state index contributed by atoms with van der Waals surface area (Å²) in [6, 6.07) is 14.5. The third-order valence-electron chi connectivity index (χ3n) is 3.81. The Hall–Kier alpha value is -3.19. The van der Waals surface area contributed by atoms with E-state index < -0.39 is 0 Å². The third kappa shape index (κ3) is 3.89. The molecule has 134 valence electrons. The van der Waals surface area contributed by atoms with E-state index >= 15 is 0 Å². The molecule has 2 aromatic heterocycles. The summed E-state index contributed by atoms with van der Waals surface area (Å²) in [7, 11) is 1.61. The van der Waals surface area contributed by atoms with E-state index in [1.54, 1.807) is 48.0 Å². The Morgan fingerprint density at radius 3 is 2.62 bits per heavy atom. The maximum atomic E-state index is 12.6. The summed E-state index contributed by atoms with van der Waals surface area (Å²) in [5, 5.41) is 5.59. The predicted octanol–water partition coefficient (Wildman–Crippen LogP) is 2.35. The van der Waals surface area contributed by atoms with Crippen LogP contribution in [0.25, 0.3) is 5.52 Å². The molecule has 0 bridgehead atoms. The van der Waals surface area contributed by atoms with E-state index in [1.807, 2.05) is 18.2 Å². The minimum absolute atomic E-state index is 0.177. The topological polar surface area (TPSA) is 84.7 Å². The zero-order chi connectivity index (χ0) is 18.4. The van der Waals surface area contributed by atoms with Crippen LogP contribution in [0, 0.1) is 0 Å². The van der Waals surface area contributed by atoms with Crippen LogP contribution in [-0.4, -0.2) is 41.5 Å². The largest absolute Gasteiger partial charge is 0.385 e. The Bertz CT molecular complexity index is 906. The zero-order valence-corrected chi connectivity index (χ0v) is 14.4. The lowest BCUT2D eigenvalue weighted by Gasteiger charge is -2.03. The summed E-state index contributed by atoms with van der Waals surface area (Å²) in [6.45, 7) is 1.04. The average molecular weight is 352 g/mol. The second-order valence-electron chi connectivity index (χ2n) is 5.66. The number of hydrogen-bond acceptors (Lipinski definition) is 4. The van der Waals surface area contributed by atoms with Crippen molar-refractivity contribution in [3.05, 3.63) is 66.2 Å². The van der Waals surface area contributed by atoms with Crippen molar-refractivity contribution < 1.29 is 14.3 Å². The number of imidazole rings is 1. The second-order valence-corrected chi connectivity index (χ2v) is 5.66. The summed E-state index contributed by atoms with van der Waals surface area (Å²) >= 11 is 0. The molecule has 0 fully saturated rings. The summed E-state index contributed by atoms with van der Waals surface area (Å²) in [5.41, 5.74) is 1.44. The average Bonchev–Trinajstić information content (AvgIpc) is 3.06. The number of pyridine rings is 1. The number of aromatic nitrogens is 2. The molecule has 0 aliphatic rings. The number of methoxy groups -OCH3 is 1. The standard InChI is InChI=1S/C19H20N4O3/c1-26-13-7-11-20-19(25)17-22-16(15-10-5-6-12-23(15)17)18(24)21-14-8-3-2-4-9-14/h2-6,8-10,12H,7,11,13H2,1H3,(H,20,25)(H,21,24). The van der Waals surface area contributed by atoms with Crippen LogP contribution in [0.1, 0.15) is 27.5 Å². The first-order valence-electron chi connectivity index (χ1n) is 8.31. The van der Waals surface area contributed by atoms with Crippen molar-refractivity contribution in [1.82, 2.24) is 14.7 Å². The minimum Gasteiger partial charge on any atom is -0.385 e. The Morgan fingerprint density at radius 1 is 1.08 bits per heavy atom. The van der Waals surface area contributed by atoms with Gasteiger partial charge in [-0.3, -0.25) is 14.0 Å². The molecule has 0 saturated heterocycles. The van der Waals surface area contributed by atoms with Gasteiger partial charge in [0, 0.05) is 32.1 Å². The van der Waals surface area contributed by atoms with Gasteiger partial charge in [-0.25, -0.2) is 4.98 Å². The number of nitrogens with zero attached hydrogens (tertiary/aromatic N) is 2. The molecular weight excluding hydrogens is 332 g/mol. The van der Waals surface area contributed by atoms with Gasteiger partial charge >= 0.3 is 0 Å². The molecule has 0 aliphatic carbocycles. The van der Waals surface area contributed by atoms with Gasteiger partial charge in [0.05, 0.1) is 5.52 Å². The number of rotatable bonds is 7. The van der Waals surface area contributed by atoms with Crippen LogP contribution in [-0.2, 0) is 4.74 Å². The van der Waals surface area contributed by atoms with Crippen molar-refractivity contribution in [3.8, 4) is 0 Å². The summed E-state index contributed by atoms with van der Waals surface area (Å²) < 4.78 is 6.58. The first kappa shape index (κ1) is 17.6. The quantitative estimate of drug-likeness (QED) is 0.639. The molecular formula is C19H20N4O3. The number of para-hydroxylation sites is 1. The van der Waals surface area contributed by atoms with Gasteiger partial charge in [0.25, 0.3) is 11.8 Å². The van der Waals surface area contributed by atoms with E-state index in [0.29, 0.717) is 30.8 Å². The van der Waals surface area contributed by atoms with Crippen LogP contribution in [0.15, 0.2) is 54.7 Å². The number of carbonyl (C=O) groups is 2. The molecule has 0 spiro atoms. The highest BCUT2D eigenvalue weighted by Crippen LogP contribution is 2.15. The molecule has 2 amide bonds. The highest BCUT2D eigenvalue weighted by Gasteiger charge is 2.21. The van der Waals surface area contributed by atoms with Crippen molar-refractivity contribution in [2.75, 3.05) is 25.6 Å². The van der Waals surface area contributed by atoms with Crippen molar-refractivity contribution >= 4 is 23.0 Å². The fraction of sp³-hybridized carbons (Fsp3) is 0.211. The van der Waals surface area contributed by atoms with Gasteiger partial charge in [-0.15, -0.1) is 0 Å². The molecule has 2 heterocycles. The fourth-order valence-corrected chi connectivity index (χ4v) is 2.57. The lowest BCUT2D eigenvalue weighted by Crippen LogP contribution is -2.27. The SMILES string of the molecule is COCCCNC(=O)c1nc(C(=O)Nc2ccccc2)c2ccccn12. The number of amides is 2. The molecule has 3 aromatic rings. The predicted molar refractivity (Wildman–Crippen MR) is 98.4 cm³/mol. The van der Waals surface area contributed by atoms with E-state index in [9.17, 15) is 9.59 Å². The van der Waals surface area contributed by atoms with Gasteiger partial charge in [0.15, 0.2) is 5.69 Å². The Balaban J connectivity index is 1.85. The highest BCUT2D eigenvalue weighted by atomic mass is 16.5. The molecule has 26 heavy (non-hydrogen) atoms. The lowest BCUT2D eigenvalue weighted by atomic mass is 10.3. The van der Waals surface area contributed by atoms with Gasteiger partial charge in [-0.2, -0.15) is 0 Å². The van der Waals surface area contributed by atoms with Gasteiger partial charge < -0.3 is 15.4 Å².